The first kappa shape index (κ1) is 17.8. The molecule has 5 heteroatoms. The van der Waals surface area contributed by atoms with Crippen LogP contribution < -0.4 is 10.1 Å². The van der Waals surface area contributed by atoms with Crippen LogP contribution >= 0.6 is 0 Å². The Morgan fingerprint density at radius 2 is 1.75 bits per heavy atom. The van der Waals surface area contributed by atoms with Gasteiger partial charge >= 0.3 is 0 Å². The van der Waals surface area contributed by atoms with Crippen molar-refractivity contribution >= 4 is 22.7 Å². The number of ether oxygens (including phenoxy) is 1. The van der Waals surface area contributed by atoms with Gasteiger partial charge in [-0.25, -0.2) is 4.98 Å². The Labute approximate surface area is 163 Å². The third-order valence-electron chi connectivity index (χ3n) is 4.72. The zero-order valence-electron chi connectivity index (χ0n) is 15.9. The maximum atomic E-state index is 12.5. The van der Waals surface area contributed by atoms with Gasteiger partial charge in [0.15, 0.2) is 5.58 Å². The lowest BCUT2D eigenvalue weighted by molar-refractivity contribution is 0.102. The minimum atomic E-state index is -0.191. The van der Waals surface area contributed by atoms with E-state index in [0.29, 0.717) is 22.9 Å². The van der Waals surface area contributed by atoms with Crippen LogP contribution in [0.15, 0.2) is 65.1 Å². The van der Waals surface area contributed by atoms with Crippen molar-refractivity contribution in [3.05, 3.63) is 77.4 Å². The Morgan fingerprint density at radius 3 is 2.50 bits per heavy atom. The van der Waals surface area contributed by atoms with Gasteiger partial charge in [-0.2, -0.15) is 0 Å². The second-order valence-corrected chi connectivity index (χ2v) is 6.69. The average Bonchev–Trinajstić information content (AvgIpc) is 3.11. The molecule has 1 amide bonds. The van der Waals surface area contributed by atoms with Gasteiger partial charge in [0.2, 0.25) is 5.89 Å². The topological polar surface area (TPSA) is 64.4 Å². The van der Waals surface area contributed by atoms with Crippen LogP contribution in [0.4, 0.5) is 5.69 Å². The van der Waals surface area contributed by atoms with Gasteiger partial charge in [0, 0.05) is 16.8 Å². The van der Waals surface area contributed by atoms with Gasteiger partial charge < -0.3 is 14.5 Å². The predicted molar refractivity (Wildman–Crippen MR) is 110 cm³/mol. The second kappa shape index (κ2) is 7.19. The van der Waals surface area contributed by atoms with E-state index < -0.39 is 0 Å². The predicted octanol–water partition coefficient (Wildman–Crippen LogP) is 5.37. The number of oxazole rings is 1. The Bertz CT molecular complexity index is 1120. The molecule has 0 saturated carbocycles. The molecule has 0 atom stereocenters. The molecule has 0 aliphatic heterocycles. The number of carbonyl (C=O) groups is 1. The number of benzene rings is 3. The van der Waals surface area contributed by atoms with Crippen molar-refractivity contribution in [2.75, 3.05) is 12.4 Å². The summed E-state index contributed by atoms with van der Waals surface area (Å²) in [6.07, 6.45) is 0. The van der Waals surface area contributed by atoms with E-state index in [-0.39, 0.29) is 5.91 Å². The number of nitrogens with one attached hydrogen (secondary N) is 1. The molecular weight excluding hydrogens is 352 g/mol. The number of rotatable bonds is 4. The van der Waals surface area contributed by atoms with E-state index in [1.165, 1.54) is 5.56 Å². The van der Waals surface area contributed by atoms with E-state index in [4.69, 9.17) is 9.15 Å². The number of methoxy groups -OCH3 is 1. The number of amides is 1. The van der Waals surface area contributed by atoms with E-state index in [9.17, 15) is 4.79 Å². The van der Waals surface area contributed by atoms with Crippen molar-refractivity contribution in [1.29, 1.82) is 0 Å². The summed E-state index contributed by atoms with van der Waals surface area (Å²) in [7, 11) is 1.59. The SMILES string of the molecule is COc1ccc(C(=O)Nc2cccc(-c3nc4cc(C)c(C)cc4o3)c2)cc1. The molecule has 0 aliphatic rings. The molecule has 0 aliphatic carbocycles. The van der Waals surface area contributed by atoms with E-state index in [2.05, 4.69) is 17.2 Å². The first-order valence-corrected chi connectivity index (χ1v) is 8.97. The number of nitrogens with zero attached hydrogens (tertiary/aromatic N) is 1. The fourth-order valence-electron chi connectivity index (χ4n) is 2.98. The summed E-state index contributed by atoms with van der Waals surface area (Å²) in [5.41, 5.74) is 5.95. The summed E-state index contributed by atoms with van der Waals surface area (Å²) < 4.78 is 11.0. The standard InChI is InChI=1S/C23H20N2O3/c1-14-11-20-21(12-15(14)2)28-23(25-20)17-5-4-6-18(13-17)24-22(26)16-7-9-19(27-3)10-8-16/h4-13H,1-3H3,(H,24,26). The zero-order valence-corrected chi connectivity index (χ0v) is 15.9. The highest BCUT2D eigenvalue weighted by Gasteiger charge is 2.12. The summed E-state index contributed by atoms with van der Waals surface area (Å²) in [5.74, 6) is 1.05. The fourth-order valence-corrected chi connectivity index (χ4v) is 2.98. The number of carbonyl (C=O) groups excluding carboxylic acids is 1. The molecule has 28 heavy (non-hydrogen) atoms. The lowest BCUT2D eigenvalue weighted by Crippen LogP contribution is -2.11. The molecule has 0 unspecified atom stereocenters. The van der Waals surface area contributed by atoms with Crippen molar-refractivity contribution in [2.45, 2.75) is 13.8 Å². The molecule has 3 aromatic carbocycles. The lowest BCUT2D eigenvalue weighted by Gasteiger charge is -2.07. The van der Waals surface area contributed by atoms with Crippen molar-refractivity contribution in [1.82, 2.24) is 4.98 Å². The number of fused-ring (bicyclic) bond motifs is 1. The Morgan fingerprint density at radius 1 is 1.00 bits per heavy atom. The van der Waals surface area contributed by atoms with E-state index in [1.54, 1.807) is 31.4 Å². The highest BCUT2D eigenvalue weighted by molar-refractivity contribution is 6.04. The number of anilines is 1. The highest BCUT2D eigenvalue weighted by atomic mass is 16.5. The van der Waals surface area contributed by atoms with Gasteiger partial charge in [0.1, 0.15) is 11.3 Å². The molecule has 1 heterocycles. The fraction of sp³-hybridized carbons (Fsp3) is 0.130. The van der Waals surface area contributed by atoms with Gasteiger partial charge in [-0.05, 0) is 79.6 Å². The summed E-state index contributed by atoms with van der Waals surface area (Å²) in [6.45, 7) is 4.10. The van der Waals surface area contributed by atoms with Crippen LogP contribution in [0.1, 0.15) is 21.5 Å². The van der Waals surface area contributed by atoms with Crippen LogP contribution in [-0.4, -0.2) is 18.0 Å². The Kier molecular flexibility index (Phi) is 4.57. The molecule has 5 nitrogen and oxygen atoms in total. The number of aromatic nitrogens is 1. The summed E-state index contributed by atoms with van der Waals surface area (Å²) in [4.78, 5) is 17.1. The van der Waals surface area contributed by atoms with Gasteiger partial charge in [0.05, 0.1) is 7.11 Å². The van der Waals surface area contributed by atoms with Crippen LogP contribution in [0.3, 0.4) is 0 Å². The molecule has 1 N–H and O–H groups in total. The monoisotopic (exact) mass is 372 g/mol. The number of hydrogen-bond acceptors (Lipinski definition) is 4. The van der Waals surface area contributed by atoms with Crippen LogP contribution in [-0.2, 0) is 0 Å². The molecule has 4 rings (SSSR count). The lowest BCUT2D eigenvalue weighted by atomic mass is 10.1. The van der Waals surface area contributed by atoms with E-state index in [1.807, 2.05) is 43.3 Å². The van der Waals surface area contributed by atoms with Crippen molar-refractivity contribution in [2.24, 2.45) is 0 Å². The van der Waals surface area contributed by atoms with Crippen LogP contribution in [0.25, 0.3) is 22.6 Å². The molecule has 0 bridgehead atoms. The first-order chi connectivity index (χ1) is 13.5. The first-order valence-electron chi connectivity index (χ1n) is 8.97. The number of aryl methyl sites for hydroxylation is 2. The van der Waals surface area contributed by atoms with Crippen molar-refractivity contribution in [3.8, 4) is 17.2 Å². The van der Waals surface area contributed by atoms with Gasteiger partial charge in [-0.3, -0.25) is 4.79 Å². The van der Waals surface area contributed by atoms with Gasteiger partial charge in [-0.15, -0.1) is 0 Å². The molecule has 1 aromatic heterocycles. The van der Waals surface area contributed by atoms with E-state index >= 15 is 0 Å². The minimum Gasteiger partial charge on any atom is -0.497 e. The molecule has 140 valence electrons. The second-order valence-electron chi connectivity index (χ2n) is 6.69. The maximum Gasteiger partial charge on any atom is 0.255 e. The van der Waals surface area contributed by atoms with Crippen LogP contribution in [0, 0.1) is 13.8 Å². The van der Waals surface area contributed by atoms with Crippen molar-refractivity contribution < 1.29 is 13.9 Å². The third kappa shape index (κ3) is 3.47. The van der Waals surface area contributed by atoms with Gasteiger partial charge in [0.25, 0.3) is 5.91 Å². The van der Waals surface area contributed by atoms with Crippen molar-refractivity contribution in [3.63, 3.8) is 0 Å². The zero-order chi connectivity index (χ0) is 19.7. The maximum absolute atomic E-state index is 12.5. The quantitative estimate of drug-likeness (QED) is 0.523. The summed E-state index contributed by atoms with van der Waals surface area (Å²) >= 11 is 0. The third-order valence-corrected chi connectivity index (χ3v) is 4.72. The Balaban J connectivity index is 1.59. The summed E-state index contributed by atoms with van der Waals surface area (Å²) in [6, 6.07) is 18.4. The molecular formula is C23H20N2O3. The highest BCUT2D eigenvalue weighted by Crippen LogP contribution is 2.28. The number of hydrogen-bond donors (Lipinski definition) is 1. The summed E-state index contributed by atoms with van der Waals surface area (Å²) in [5, 5.41) is 2.91. The largest absolute Gasteiger partial charge is 0.497 e. The molecule has 0 spiro atoms. The molecule has 4 aromatic rings. The van der Waals surface area contributed by atoms with Crippen LogP contribution in [0.5, 0.6) is 5.75 Å². The Hall–Kier alpha value is -3.60. The van der Waals surface area contributed by atoms with Gasteiger partial charge in [-0.1, -0.05) is 6.07 Å². The molecule has 0 fully saturated rings. The minimum absolute atomic E-state index is 0.191. The van der Waals surface area contributed by atoms with Crippen LogP contribution in [0.2, 0.25) is 0 Å². The average molecular weight is 372 g/mol. The normalized spacial score (nSPS) is 10.8. The molecule has 0 radical (unpaired) electrons. The molecule has 0 saturated heterocycles. The van der Waals surface area contributed by atoms with E-state index in [0.717, 1.165) is 22.2 Å². The smallest absolute Gasteiger partial charge is 0.255 e.